The molecule has 1 aromatic carbocycles. The molecule has 0 unspecified atom stereocenters. The Kier molecular flexibility index (Phi) is 8.71. The van der Waals surface area contributed by atoms with Crippen LogP contribution in [-0.4, -0.2) is 68.8 Å². The third-order valence-corrected chi connectivity index (χ3v) is 8.55. The third-order valence-electron chi connectivity index (χ3n) is 7.57. The number of aromatic nitrogens is 1. The van der Waals surface area contributed by atoms with Crippen molar-refractivity contribution in [1.29, 1.82) is 0 Å². The molecule has 3 N–H and O–H groups in total. The van der Waals surface area contributed by atoms with E-state index in [1.54, 1.807) is 19.4 Å². The number of nitrogens with zero attached hydrogens (tertiary/aromatic N) is 3. The Morgan fingerprint density at radius 2 is 1.88 bits per heavy atom. The summed E-state index contributed by atoms with van der Waals surface area (Å²) in [4.78, 5) is 62.1. The lowest BCUT2D eigenvalue weighted by Gasteiger charge is -2.31. The molecule has 1 aliphatic heterocycles. The van der Waals surface area contributed by atoms with E-state index < -0.39 is 47.5 Å². The first kappa shape index (κ1) is 29.4. The Balaban J connectivity index is 1.51. The minimum atomic E-state index is -1.11. The number of aliphatic hydroxyl groups excluding tert-OH is 1. The topological polar surface area (TPSA) is 133 Å². The molecule has 2 heterocycles. The van der Waals surface area contributed by atoms with Crippen molar-refractivity contribution in [2.45, 2.75) is 83.1 Å². The monoisotopic (exact) mass is 565 g/mol. The fourth-order valence-corrected chi connectivity index (χ4v) is 5.85. The normalized spacial score (nSPS) is 20.9. The second kappa shape index (κ2) is 11.9. The van der Waals surface area contributed by atoms with E-state index in [-0.39, 0.29) is 31.1 Å². The second-order valence-corrected chi connectivity index (χ2v) is 11.9. The Labute approximate surface area is 238 Å². The maximum atomic E-state index is 13.6. The van der Waals surface area contributed by atoms with Gasteiger partial charge in [-0.15, -0.1) is 11.3 Å². The van der Waals surface area contributed by atoms with Gasteiger partial charge in [-0.1, -0.05) is 38.1 Å². The van der Waals surface area contributed by atoms with Gasteiger partial charge < -0.3 is 20.6 Å². The minimum Gasteiger partial charge on any atom is -0.391 e. The van der Waals surface area contributed by atoms with E-state index in [1.807, 2.05) is 31.2 Å². The minimum absolute atomic E-state index is 0.0404. The largest absolute Gasteiger partial charge is 0.391 e. The number of aliphatic hydroxyl groups is 1. The maximum absolute atomic E-state index is 13.6. The molecular formula is C29H35N5O5S. The molecular weight excluding hydrogens is 530 g/mol. The van der Waals surface area contributed by atoms with Crippen LogP contribution in [0.1, 0.15) is 63.8 Å². The summed E-state index contributed by atoms with van der Waals surface area (Å²) in [6.07, 6.45) is 0.110. The lowest BCUT2D eigenvalue weighted by Crippen LogP contribution is -2.56. The van der Waals surface area contributed by atoms with Crippen molar-refractivity contribution in [3.8, 4) is 10.4 Å². The van der Waals surface area contributed by atoms with Crippen molar-refractivity contribution >= 4 is 34.8 Å². The molecule has 2 fully saturated rings. The second-order valence-electron chi connectivity index (χ2n) is 11.1. The summed E-state index contributed by atoms with van der Waals surface area (Å²) in [5.41, 5.74) is 3.33. The zero-order valence-corrected chi connectivity index (χ0v) is 24.0. The molecule has 0 spiro atoms. The standard InChI is InChI=1S/C29H35N5O5S/c1-16(2)24(33-28(39)29(30-5)10-11-29)27(38)34-14-21(36)13-23(34)26(37)32-22(12-17(3)35)19-6-8-20(9-7-19)25-18(4)31-15-40-25/h6-9,15-16,21-24,36H,10-14H2,1-4H3,(H,32,37)(H,33,39)/t21-,22+,23+,24+/m1/s1. The zero-order valence-electron chi connectivity index (χ0n) is 23.1. The highest BCUT2D eigenvalue weighted by Gasteiger charge is 2.59. The molecule has 2 aliphatic rings. The van der Waals surface area contributed by atoms with E-state index in [0.29, 0.717) is 12.8 Å². The summed E-state index contributed by atoms with van der Waals surface area (Å²) >= 11 is 1.53. The SMILES string of the molecule is [C-]#[N+]C1(C(=O)N[C@H](C(=O)N2C[C@H](O)C[C@H]2C(=O)N[C@@H](CC(C)=O)c2ccc(-c3scnc3C)cc2)C(C)C)CC1. The number of rotatable bonds is 10. The Hall–Kier alpha value is -3.62. The number of amides is 3. The molecule has 0 radical (unpaired) electrons. The smallest absolute Gasteiger partial charge is 0.309 e. The molecule has 2 aromatic rings. The van der Waals surface area contributed by atoms with E-state index >= 15 is 0 Å². The van der Waals surface area contributed by atoms with E-state index in [9.17, 15) is 24.3 Å². The molecule has 4 atom stereocenters. The number of hydrogen-bond acceptors (Lipinski definition) is 7. The molecule has 40 heavy (non-hydrogen) atoms. The summed E-state index contributed by atoms with van der Waals surface area (Å²) in [5.74, 6) is -1.84. The number of thiazole rings is 1. The van der Waals surface area contributed by atoms with Gasteiger partial charge in [0.2, 0.25) is 11.8 Å². The van der Waals surface area contributed by atoms with E-state index in [2.05, 4.69) is 20.5 Å². The first-order valence-electron chi connectivity index (χ1n) is 13.4. The van der Waals surface area contributed by atoms with E-state index in [1.165, 1.54) is 23.2 Å². The zero-order chi connectivity index (χ0) is 29.2. The number of hydrogen-bond donors (Lipinski definition) is 3. The fourth-order valence-electron chi connectivity index (χ4n) is 5.04. The number of carbonyl (C=O) groups excluding carboxylic acids is 4. The predicted molar refractivity (Wildman–Crippen MR) is 150 cm³/mol. The Morgan fingerprint density at radius 3 is 2.40 bits per heavy atom. The van der Waals surface area contributed by atoms with Crippen LogP contribution < -0.4 is 10.6 Å². The van der Waals surface area contributed by atoms with Gasteiger partial charge in [-0.2, -0.15) is 0 Å². The molecule has 1 saturated heterocycles. The van der Waals surface area contributed by atoms with Crippen molar-refractivity contribution < 1.29 is 24.3 Å². The number of likely N-dealkylation sites (tertiary alicyclic amines) is 1. The maximum Gasteiger partial charge on any atom is 0.309 e. The molecule has 0 bridgehead atoms. The van der Waals surface area contributed by atoms with Crippen molar-refractivity contribution in [3.63, 3.8) is 0 Å². The number of nitrogens with one attached hydrogen (secondary N) is 2. The van der Waals surface area contributed by atoms with Gasteiger partial charge in [0.25, 0.3) is 0 Å². The molecule has 4 rings (SSSR count). The van der Waals surface area contributed by atoms with E-state index in [0.717, 1.165) is 21.7 Å². The fraction of sp³-hybridized carbons (Fsp3) is 0.517. The van der Waals surface area contributed by atoms with Crippen molar-refractivity contribution in [1.82, 2.24) is 20.5 Å². The van der Waals surface area contributed by atoms with Crippen LogP contribution in [0.2, 0.25) is 0 Å². The summed E-state index contributed by atoms with van der Waals surface area (Å²) in [6, 6.07) is 5.05. The third kappa shape index (κ3) is 6.24. The van der Waals surface area contributed by atoms with Crippen molar-refractivity contribution in [2.24, 2.45) is 5.92 Å². The van der Waals surface area contributed by atoms with Crippen LogP contribution in [0.15, 0.2) is 29.8 Å². The van der Waals surface area contributed by atoms with Gasteiger partial charge in [0.1, 0.15) is 17.9 Å². The summed E-state index contributed by atoms with van der Waals surface area (Å²) in [7, 11) is 0. The van der Waals surface area contributed by atoms with E-state index in [4.69, 9.17) is 6.57 Å². The first-order chi connectivity index (χ1) is 19.0. The average molecular weight is 566 g/mol. The average Bonchev–Trinajstić information content (AvgIpc) is 3.45. The first-order valence-corrected chi connectivity index (χ1v) is 14.3. The molecule has 3 amide bonds. The number of aryl methyl sites for hydroxylation is 1. The molecule has 1 aromatic heterocycles. The van der Waals surface area contributed by atoms with Gasteiger partial charge in [0.05, 0.1) is 28.2 Å². The van der Waals surface area contributed by atoms with Crippen LogP contribution in [0.5, 0.6) is 0 Å². The van der Waals surface area contributed by atoms with Crippen LogP contribution in [0.3, 0.4) is 0 Å². The number of ketones is 1. The molecule has 11 heteroatoms. The summed E-state index contributed by atoms with van der Waals surface area (Å²) < 4.78 is 0. The Morgan fingerprint density at radius 1 is 1.20 bits per heavy atom. The highest BCUT2D eigenvalue weighted by Crippen LogP contribution is 2.40. The van der Waals surface area contributed by atoms with Crippen LogP contribution in [0.4, 0.5) is 0 Å². The van der Waals surface area contributed by atoms with Gasteiger partial charge in [-0.05, 0) is 30.9 Å². The lowest BCUT2D eigenvalue weighted by molar-refractivity contribution is -0.143. The van der Waals surface area contributed by atoms with Crippen LogP contribution >= 0.6 is 11.3 Å². The summed E-state index contributed by atoms with van der Waals surface area (Å²) in [6.45, 7) is 14.2. The quantitative estimate of drug-likeness (QED) is 0.380. The number of β-amino-alcohol motifs (C(OH)–C–C–N with tert-alkyl or cyclic N) is 1. The predicted octanol–water partition coefficient (Wildman–Crippen LogP) is 2.81. The Bertz CT molecular complexity index is 1330. The van der Waals surface area contributed by atoms with Gasteiger partial charge in [-0.25, -0.2) is 11.6 Å². The number of Topliss-reactive ketones (excluding diaryl/α,β-unsaturated/α-hetero) is 1. The van der Waals surface area contributed by atoms with Crippen molar-refractivity contribution in [3.05, 3.63) is 52.5 Å². The van der Waals surface area contributed by atoms with Crippen LogP contribution in [0, 0.1) is 19.4 Å². The highest BCUT2D eigenvalue weighted by molar-refractivity contribution is 7.13. The highest BCUT2D eigenvalue weighted by atomic mass is 32.1. The molecule has 1 aliphatic carbocycles. The lowest BCUT2D eigenvalue weighted by atomic mass is 9.98. The molecule has 1 saturated carbocycles. The molecule has 10 nitrogen and oxygen atoms in total. The van der Waals surface area contributed by atoms with Gasteiger partial charge in [-0.3, -0.25) is 24.0 Å². The van der Waals surface area contributed by atoms with Crippen LogP contribution in [0.25, 0.3) is 15.3 Å². The molecule has 212 valence electrons. The van der Waals surface area contributed by atoms with Gasteiger partial charge in [0, 0.05) is 32.2 Å². The summed E-state index contributed by atoms with van der Waals surface area (Å²) in [5, 5.41) is 16.1. The van der Waals surface area contributed by atoms with Crippen LogP contribution in [-0.2, 0) is 19.2 Å². The van der Waals surface area contributed by atoms with Crippen molar-refractivity contribution in [2.75, 3.05) is 6.54 Å². The number of benzene rings is 1. The van der Waals surface area contributed by atoms with Gasteiger partial charge >= 0.3 is 11.4 Å². The number of carbonyl (C=O) groups is 4. The van der Waals surface area contributed by atoms with Gasteiger partial charge in [0.15, 0.2) is 0 Å².